The molecule has 4 nitrogen and oxygen atoms in total. The van der Waals surface area contributed by atoms with Crippen LogP contribution in [0.4, 0.5) is 0 Å². The third-order valence-corrected chi connectivity index (χ3v) is 2.23. The third kappa shape index (κ3) is 3.32. The molecule has 1 rings (SSSR count). The van der Waals surface area contributed by atoms with Crippen molar-refractivity contribution in [3.63, 3.8) is 0 Å². The van der Waals surface area contributed by atoms with Crippen molar-refractivity contribution in [2.24, 2.45) is 0 Å². The van der Waals surface area contributed by atoms with Crippen molar-refractivity contribution in [1.29, 1.82) is 0 Å². The van der Waals surface area contributed by atoms with Crippen LogP contribution in [0.25, 0.3) is 0 Å². The van der Waals surface area contributed by atoms with Gasteiger partial charge in [-0.15, -0.1) is 0 Å². The van der Waals surface area contributed by atoms with E-state index in [0.29, 0.717) is 6.54 Å². The monoisotopic (exact) mass is 186 g/mol. The maximum Gasteiger partial charge on any atom is 0.234 e. The number of rotatable bonds is 5. The molecule has 4 heteroatoms. The zero-order valence-corrected chi connectivity index (χ0v) is 8.26. The molecule has 0 atom stereocenters. The molecule has 1 aliphatic rings. The number of hydrogen-bond donors (Lipinski definition) is 3. The van der Waals surface area contributed by atoms with E-state index in [1.807, 2.05) is 13.8 Å². The molecule has 0 saturated heterocycles. The predicted octanol–water partition coefficient (Wildman–Crippen LogP) is -0.374. The van der Waals surface area contributed by atoms with Gasteiger partial charge in [-0.1, -0.05) is 0 Å². The molecule has 76 valence electrons. The molecule has 0 aromatic rings. The summed E-state index contributed by atoms with van der Waals surface area (Å²) in [5.41, 5.74) is -0.145. The molecule has 1 amide bonds. The Balaban J connectivity index is 2.15. The highest BCUT2D eigenvalue weighted by Gasteiger charge is 2.41. The van der Waals surface area contributed by atoms with Gasteiger partial charge in [-0.25, -0.2) is 0 Å². The highest BCUT2D eigenvalue weighted by Crippen LogP contribution is 2.34. The molecule has 0 bridgehead atoms. The van der Waals surface area contributed by atoms with Gasteiger partial charge >= 0.3 is 0 Å². The van der Waals surface area contributed by atoms with Crippen LogP contribution in [0.1, 0.15) is 26.7 Å². The van der Waals surface area contributed by atoms with Gasteiger partial charge in [0.25, 0.3) is 0 Å². The average molecular weight is 186 g/mol. The first-order valence-corrected chi connectivity index (χ1v) is 4.73. The van der Waals surface area contributed by atoms with E-state index in [1.165, 1.54) is 0 Å². The largest absolute Gasteiger partial charge is 0.394 e. The van der Waals surface area contributed by atoms with Crippen molar-refractivity contribution in [3.8, 4) is 0 Å². The highest BCUT2D eigenvalue weighted by atomic mass is 16.3. The number of carbonyl (C=O) groups is 1. The quantitative estimate of drug-likeness (QED) is 0.549. The van der Waals surface area contributed by atoms with Crippen molar-refractivity contribution >= 4 is 5.91 Å². The summed E-state index contributed by atoms with van der Waals surface area (Å²) in [5.74, 6) is -0.00488. The fourth-order valence-electron chi connectivity index (χ4n) is 1.18. The fourth-order valence-corrected chi connectivity index (χ4v) is 1.18. The SMILES string of the molecule is CC(C)NC(=O)CNC1(CO)CC1. The third-order valence-electron chi connectivity index (χ3n) is 2.23. The summed E-state index contributed by atoms with van der Waals surface area (Å²) in [6, 6.07) is 0.179. The van der Waals surface area contributed by atoms with Crippen LogP contribution < -0.4 is 10.6 Å². The molecule has 0 aromatic heterocycles. The Kier molecular flexibility index (Phi) is 3.27. The van der Waals surface area contributed by atoms with E-state index in [0.717, 1.165) is 12.8 Å². The lowest BCUT2D eigenvalue weighted by molar-refractivity contribution is -0.120. The molecule has 0 aliphatic heterocycles. The second-order valence-electron chi connectivity index (χ2n) is 4.01. The average Bonchev–Trinajstić information content (AvgIpc) is 2.80. The van der Waals surface area contributed by atoms with Crippen LogP contribution in [-0.4, -0.2) is 35.7 Å². The van der Waals surface area contributed by atoms with Crippen LogP contribution >= 0.6 is 0 Å². The summed E-state index contributed by atoms with van der Waals surface area (Å²) < 4.78 is 0. The summed E-state index contributed by atoms with van der Waals surface area (Å²) in [5, 5.41) is 14.8. The van der Waals surface area contributed by atoms with Crippen LogP contribution in [0.5, 0.6) is 0 Å². The Hall–Kier alpha value is -0.610. The molecular formula is C9H18N2O2. The Morgan fingerprint density at radius 1 is 1.54 bits per heavy atom. The van der Waals surface area contributed by atoms with Gasteiger partial charge in [-0.05, 0) is 26.7 Å². The molecule has 1 aliphatic carbocycles. The van der Waals surface area contributed by atoms with E-state index in [1.54, 1.807) is 0 Å². The van der Waals surface area contributed by atoms with Crippen LogP contribution in [-0.2, 0) is 4.79 Å². The van der Waals surface area contributed by atoms with Crippen LogP contribution in [0.3, 0.4) is 0 Å². The van der Waals surface area contributed by atoms with E-state index in [2.05, 4.69) is 10.6 Å². The van der Waals surface area contributed by atoms with E-state index in [4.69, 9.17) is 5.11 Å². The maximum atomic E-state index is 11.2. The molecule has 13 heavy (non-hydrogen) atoms. The standard InChI is InChI=1S/C9H18N2O2/c1-7(2)11-8(13)5-10-9(6-12)3-4-9/h7,10,12H,3-6H2,1-2H3,(H,11,13). The number of carbonyl (C=O) groups excluding carboxylic acids is 1. The first-order chi connectivity index (χ1) is 6.08. The van der Waals surface area contributed by atoms with Crippen molar-refractivity contribution in [2.45, 2.75) is 38.3 Å². The van der Waals surface area contributed by atoms with Gasteiger partial charge < -0.3 is 15.7 Å². The Labute approximate surface area is 78.7 Å². The first-order valence-electron chi connectivity index (χ1n) is 4.73. The van der Waals surface area contributed by atoms with Crippen molar-refractivity contribution in [2.75, 3.05) is 13.2 Å². The molecule has 1 fully saturated rings. The minimum absolute atomic E-state index is 0.00488. The van der Waals surface area contributed by atoms with Crippen LogP contribution in [0, 0.1) is 0 Å². The molecule has 0 unspecified atom stereocenters. The molecule has 3 N–H and O–H groups in total. The number of hydrogen-bond acceptors (Lipinski definition) is 3. The smallest absolute Gasteiger partial charge is 0.234 e. The second-order valence-corrected chi connectivity index (χ2v) is 4.01. The lowest BCUT2D eigenvalue weighted by Gasteiger charge is -2.14. The van der Waals surface area contributed by atoms with Gasteiger partial charge in [0.15, 0.2) is 0 Å². The number of aliphatic hydroxyl groups excluding tert-OH is 1. The highest BCUT2D eigenvalue weighted by molar-refractivity contribution is 5.78. The maximum absolute atomic E-state index is 11.2. The van der Waals surface area contributed by atoms with Gasteiger partial charge in [0.1, 0.15) is 0 Å². The topological polar surface area (TPSA) is 61.4 Å². The molecular weight excluding hydrogens is 168 g/mol. The van der Waals surface area contributed by atoms with E-state index >= 15 is 0 Å². The summed E-state index contributed by atoms with van der Waals surface area (Å²) in [4.78, 5) is 11.2. The van der Waals surface area contributed by atoms with Gasteiger partial charge in [-0.2, -0.15) is 0 Å². The van der Waals surface area contributed by atoms with E-state index < -0.39 is 0 Å². The van der Waals surface area contributed by atoms with Crippen molar-refractivity contribution < 1.29 is 9.90 Å². The molecule has 0 spiro atoms. The minimum atomic E-state index is -0.145. The Morgan fingerprint density at radius 2 is 2.15 bits per heavy atom. The number of nitrogens with one attached hydrogen (secondary N) is 2. The summed E-state index contributed by atoms with van der Waals surface area (Å²) in [7, 11) is 0. The fraction of sp³-hybridized carbons (Fsp3) is 0.889. The lowest BCUT2D eigenvalue weighted by Crippen LogP contribution is -2.44. The lowest BCUT2D eigenvalue weighted by atomic mass is 10.3. The van der Waals surface area contributed by atoms with Crippen LogP contribution in [0.2, 0.25) is 0 Å². The number of aliphatic hydroxyl groups is 1. The van der Waals surface area contributed by atoms with Gasteiger partial charge in [0, 0.05) is 11.6 Å². The molecule has 1 saturated carbocycles. The second kappa shape index (κ2) is 4.07. The molecule has 0 aromatic carbocycles. The van der Waals surface area contributed by atoms with E-state index in [-0.39, 0.29) is 24.1 Å². The van der Waals surface area contributed by atoms with E-state index in [9.17, 15) is 4.79 Å². The Morgan fingerprint density at radius 3 is 2.54 bits per heavy atom. The normalized spacial score (nSPS) is 18.8. The Bertz CT molecular complexity index is 188. The first kappa shape index (κ1) is 10.5. The van der Waals surface area contributed by atoms with Gasteiger partial charge in [0.05, 0.1) is 13.2 Å². The summed E-state index contributed by atoms with van der Waals surface area (Å²) in [6.07, 6.45) is 1.94. The van der Waals surface area contributed by atoms with Crippen molar-refractivity contribution in [1.82, 2.24) is 10.6 Å². The zero-order valence-electron chi connectivity index (χ0n) is 8.26. The zero-order chi connectivity index (χ0) is 9.90. The van der Waals surface area contributed by atoms with Crippen molar-refractivity contribution in [3.05, 3.63) is 0 Å². The predicted molar refractivity (Wildman–Crippen MR) is 50.3 cm³/mol. The van der Waals surface area contributed by atoms with Gasteiger partial charge in [0.2, 0.25) is 5.91 Å². The van der Waals surface area contributed by atoms with Crippen LogP contribution in [0.15, 0.2) is 0 Å². The summed E-state index contributed by atoms with van der Waals surface area (Å²) >= 11 is 0. The molecule has 0 radical (unpaired) electrons. The summed E-state index contributed by atoms with van der Waals surface area (Å²) in [6.45, 7) is 4.29. The number of amides is 1. The minimum Gasteiger partial charge on any atom is -0.394 e. The molecule has 0 heterocycles. The van der Waals surface area contributed by atoms with Gasteiger partial charge in [-0.3, -0.25) is 4.79 Å².